The number of hydrogen-bond acceptors (Lipinski definition) is 4. The van der Waals surface area contributed by atoms with E-state index in [9.17, 15) is 8.42 Å². The van der Waals surface area contributed by atoms with Crippen LogP contribution in [0, 0.1) is 18.3 Å². The van der Waals surface area contributed by atoms with Crippen LogP contribution in [0.2, 0.25) is 0 Å². The first-order valence-electron chi connectivity index (χ1n) is 6.76. The van der Waals surface area contributed by atoms with E-state index in [4.69, 9.17) is 5.26 Å². The summed E-state index contributed by atoms with van der Waals surface area (Å²) >= 11 is 0. The van der Waals surface area contributed by atoms with E-state index in [-0.39, 0.29) is 4.90 Å². The molecule has 5 nitrogen and oxygen atoms in total. The van der Waals surface area contributed by atoms with E-state index in [1.807, 2.05) is 6.07 Å². The summed E-state index contributed by atoms with van der Waals surface area (Å²) < 4.78 is 27.1. The van der Waals surface area contributed by atoms with Gasteiger partial charge in [0, 0.05) is 13.1 Å². The number of nitrogens with zero attached hydrogens (tertiary/aromatic N) is 2. The fraction of sp³-hybridized carbons (Fsp3) is 0.500. The van der Waals surface area contributed by atoms with Crippen LogP contribution in [-0.2, 0) is 10.0 Å². The van der Waals surface area contributed by atoms with Crippen molar-refractivity contribution in [2.45, 2.75) is 24.7 Å². The van der Waals surface area contributed by atoms with E-state index in [2.05, 4.69) is 9.62 Å². The highest BCUT2D eigenvalue weighted by molar-refractivity contribution is 7.89. The van der Waals surface area contributed by atoms with Gasteiger partial charge in [0.05, 0.1) is 16.5 Å². The molecule has 1 aromatic rings. The van der Waals surface area contributed by atoms with Gasteiger partial charge in [0.25, 0.3) is 0 Å². The van der Waals surface area contributed by atoms with Crippen molar-refractivity contribution in [3.63, 3.8) is 0 Å². The number of rotatable bonds is 5. The Morgan fingerprint density at radius 3 is 2.70 bits per heavy atom. The molecule has 0 unspecified atom stereocenters. The first-order chi connectivity index (χ1) is 9.53. The van der Waals surface area contributed by atoms with E-state index in [0.717, 1.165) is 19.6 Å². The Morgan fingerprint density at radius 2 is 2.05 bits per heavy atom. The molecule has 20 heavy (non-hydrogen) atoms. The van der Waals surface area contributed by atoms with Crippen molar-refractivity contribution < 1.29 is 8.42 Å². The SMILES string of the molecule is Cc1ccc(C#N)cc1S(=O)(=O)NCCN1CCCC1. The molecule has 1 aliphatic rings. The normalized spacial score (nSPS) is 16.2. The Balaban J connectivity index is 2.04. The minimum atomic E-state index is -3.54. The molecule has 1 aliphatic heterocycles. The van der Waals surface area contributed by atoms with Gasteiger partial charge in [0.2, 0.25) is 10.0 Å². The van der Waals surface area contributed by atoms with Crippen molar-refractivity contribution in [1.29, 1.82) is 5.26 Å². The molecule has 0 spiro atoms. The molecule has 0 aromatic heterocycles. The summed E-state index contributed by atoms with van der Waals surface area (Å²) in [5, 5.41) is 8.87. The molecule has 6 heteroatoms. The molecule has 0 atom stereocenters. The van der Waals surface area contributed by atoms with Crippen molar-refractivity contribution >= 4 is 10.0 Å². The molecule has 1 saturated heterocycles. The van der Waals surface area contributed by atoms with Gasteiger partial charge in [-0.05, 0) is 50.6 Å². The Hall–Kier alpha value is -1.42. The van der Waals surface area contributed by atoms with Gasteiger partial charge < -0.3 is 4.90 Å². The summed E-state index contributed by atoms with van der Waals surface area (Å²) in [5.41, 5.74) is 1.01. The minimum Gasteiger partial charge on any atom is -0.302 e. The van der Waals surface area contributed by atoms with E-state index in [1.54, 1.807) is 19.1 Å². The molecular weight excluding hydrogens is 274 g/mol. The fourth-order valence-electron chi connectivity index (χ4n) is 2.38. The average Bonchev–Trinajstić information content (AvgIpc) is 2.92. The average molecular weight is 293 g/mol. The Bertz CT molecular complexity index is 614. The van der Waals surface area contributed by atoms with Crippen LogP contribution in [-0.4, -0.2) is 39.5 Å². The van der Waals surface area contributed by atoms with Crippen LogP contribution in [0.4, 0.5) is 0 Å². The second-order valence-corrected chi connectivity index (χ2v) is 6.77. The summed E-state index contributed by atoms with van der Waals surface area (Å²) in [4.78, 5) is 2.44. The van der Waals surface area contributed by atoms with E-state index >= 15 is 0 Å². The molecule has 0 radical (unpaired) electrons. The lowest BCUT2D eigenvalue weighted by molar-refractivity contribution is 0.344. The summed E-state index contributed by atoms with van der Waals surface area (Å²) in [6.45, 7) is 4.96. The Kier molecular flexibility index (Phi) is 4.76. The quantitative estimate of drug-likeness (QED) is 0.886. The molecule has 0 saturated carbocycles. The summed E-state index contributed by atoms with van der Waals surface area (Å²) in [6, 6.07) is 6.68. The van der Waals surface area contributed by atoms with Crippen LogP contribution in [0.3, 0.4) is 0 Å². The van der Waals surface area contributed by atoms with Gasteiger partial charge in [0.1, 0.15) is 0 Å². The first-order valence-corrected chi connectivity index (χ1v) is 8.24. The summed E-state index contributed by atoms with van der Waals surface area (Å²) in [5.74, 6) is 0. The maximum absolute atomic E-state index is 12.3. The molecule has 0 amide bonds. The first kappa shape index (κ1) is 15.0. The number of aryl methyl sites for hydroxylation is 1. The van der Waals surface area contributed by atoms with Crippen LogP contribution in [0.15, 0.2) is 23.1 Å². The van der Waals surface area contributed by atoms with Gasteiger partial charge in [-0.3, -0.25) is 0 Å². The predicted molar refractivity (Wildman–Crippen MR) is 76.8 cm³/mol. The van der Waals surface area contributed by atoms with Crippen LogP contribution >= 0.6 is 0 Å². The number of sulfonamides is 1. The molecule has 1 fully saturated rings. The molecular formula is C14H19N3O2S. The number of likely N-dealkylation sites (tertiary alicyclic amines) is 1. The topological polar surface area (TPSA) is 73.2 Å². The lowest BCUT2D eigenvalue weighted by Gasteiger charge is -2.15. The standard InChI is InChI=1S/C14H19N3O2S/c1-12-4-5-13(11-15)10-14(12)20(18,19)16-6-9-17-7-2-3-8-17/h4-5,10,16H,2-3,6-9H2,1H3. The van der Waals surface area contributed by atoms with Crippen molar-refractivity contribution in [3.8, 4) is 6.07 Å². The van der Waals surface area contributed by atoms with Gasteiger partial charge in [0.15, 0.2) is 0 Å². The fourth-order valence-corrected chi connectivity index (χ4v) is 3.67. The van der Waals surface area contributed by atoms with Gasteiger partial charge in [-0.25, -0.2) is 13.1 Å². The molecule has 108 valence electrons. The third-order valence-corrected chi connectivity index (χ3v) is 5.13. The smallest absolute Gasteiger partial charge is 0.240 e. The molecule has 0 aliphatic carbocycles. The Morgan fingerprint density at radius 1 is 1.35 bits per heavy atom. The zero-order chi connectivity index (χ0) is 14.6. The summed E-state index contributed by atoms with van der Waals surface area (Å²) in [6.07, 6.45) is 2.38. The number of nitrogens with one attached hydrogen (secondary N) is 1. The van der Waals surface area contributed by atoms with E-state index in [0.29, 0.717) is 17.7 Å². The van der Waals surface area contributed by atoms with Crippen molar-refractivity contribution in [1.82, 2.24) is 9.62 Å². The third-order valence-electron chi connectivity index (χ3n) is 3.53. The molecule has 1 N–H and O–H groups in total. The second-order valence-electron chi connectivity index (χ2n) is 5.04. The highest BCUT2D eigenvalue weighted by Crippen LogP contribution is 2.16. The van der Waals surface area contributed by atoms with Gasteiger partial charge >= 0.3 is 0 Å². The maximum atomic E-state index is 12.3. The van der Waals surface area contributed by atoms with Crippen LogP contribution in [0.5, 0.6) is 0 Å². The predicted octanol–water partition coefficient (Wildman–Crippen LogP) is 1.24. The minimum absolute atomic E-state index is 0.193. The molecule has 0 bridgehead atoms. The largest absolute Gasteiger partial charge is 0.302 e. The van der Waals surface area contributed by atoms with Crippen molar-refractivity contribution in [3.05, 3.63) is 29.3 Å². The summed E-state index contributed by atoms with van der Waals surface area (Å²) in [7, 11) is -3.54. The van der Waals surface area contributed by atoms with E-state index < -0.39 is 10.0 Å². The van der Waals surface area contributed by atoms with Crippen LogP contribution in [0.1, 0.15) is 24.0 Å². The molecule has 1 heterocycles. The highest BCUT2D eigenvalue weighted by Gasteiger charge is 2.18. The van der Waals surface area contributed by atoms with Crippen LogP contribution in [0.25, 0.3) is 0 Å². The van der Waals surface area contributed by atoms with Gasteiger partial charge in [-0.1, -0.05) is 6.07 Å². The van der Waals surface area contributed by atoms with E-state index in [1.165, 1.54) is 18.9 Å². The van der Waals surface area contributed by atoms with Crippen molar-refractivity contribution in [2.24, 2.45) is 0 Å². The number of benzene rings is 1. The zero-order valence-corrected chi connectivity index (χ0v) is 12.4. The number of hydrogen-bond donors (Lipinski definition) is 1. The van der Waals surface area contributed by atoms with Crippen molar-refractivity contribution in [2.75, 3.05) is 26.2 Å². The van der Waals surface area contributed by atoms with Gasteiger partial charge in [-0.15, -0.1) is 0 Å². The lowest BCUT2D eigenvalue weighted by Crippen LogP contribution is -2.33. The molecule has 1 aromatic carbocycles. The lowest BCUT2D eigenvalue weighted by atomic mass is 10.2. The molecule has 2 rings (SSSR count). The zero-order valence-electron chi connectivity index (χ0n) is 11.6. The third kappa shape index (κ3) is 3.57. The highest BCUT2D eigenvalue weighted by atomic mass is 32.2. The Labute approximate surface area is 120 Å². The number of nitriles is 1. The maximum Gasteiger partial charge on any atom is 0.240 e. The second kappa shape index (κ2) is 6.35. The monoisotopic (exact) mass is 293 g/mol. The van der Waals surface area contributed by atoms with Gasteiger partial charge in [-0.2, -0.15) is 5.26 Å². The van der Waals surface area contributed by atoms with Crippen LogP contribution < -0.4 is 4.72 Å².